The topological polar surface area (TPSA) is 92.2 Å². The van der Waals surface area contributed by atoms with Crippen LogP contribution in [0.5, 0.6) is 0 Å². The molecule has 30 heavy (non-hydrogen) atoms. The molecule has 0 bridgehead atoms. The van der Waals surface area contributed by atoms with E-state index in [1.165, 1.54) is 0 Å². The number of piperidine rings is 1. The number of para-hydroxylation sites is 1. The minimum absolute atomic E-state index is 0.0447. The predicted octanol–water partition coefficient (Wildman–Crippen LogP) is 2.83. The highest BCUT2D eigenvalue weighted by Gasteiger charge is 2.28. The normalized spacial score (nSPS) is 16.1. The lowest BCUT2D eigenvalue weighted by Gasteiger charge is -2.32. The van der Waals surface area contributed by atoms with Crippen molar-refractivity contribution < 1.29 is 9.59 Å². The van der Waals surface area contributed by atoms with Crippen molar-refractivity contribution >= 4 is 17.6 Å². The molecule has 2 N–H and O–H groups in total. The van der Waals surface area contributed by atoms with E-state index >= 15 is 0 Å². The van der Waals surface area contributed by atoms with Crippen LogP contribution in [0.1, 0.15) is 18.4 Å². The number of nitrogens with zero attached hydrogens (tertiary/aromatic N) is 4. The second kappa shape index (κ2) is 9.21. The van der Waals surface area contributed by atoms with E-state index in [4.69, 9.17) is 0 Å². The fourth-order valence-corrected chi connectivity index (χ4v) is 3.53. The third-order valence-electron chi connectivity index (χ3n) is 5.11. The zero-order chi connectivity index (χ0) is 20.8. The molecule has 1 fully saturated rings. The van der Waals surface area contributed by atoms with Crippen LogP contribution in [0.3, 0.4) is 0 Å². The Hall–Kier alpha value is -3.68. The predicted molar refractivity (Wildman–Crippen MR) is 113 cm³/mol. The molecule has 0 saturated carbocycles. The zero-order valence-corrected chi connectivity index (χ0v) is 16.6. The van der Waals surface area contributed by atoms with Crippen molar-refractivity contribution in [3.05, 3.63) is 72.7 Å². The molecular formula is C22H24N6O2. The van der Waals surface area contributed by atoms with Gasteiger partial charge in [-0.1, -0.05) is 18.2 Å². The van der Waals surface area contributed by atoms with Crippen molar-refractivity contribution in [2.24, 2.45) is 5.92 Å². The van der Waals surface area contributed by atoms with Crippen LogP contribution < -0.4 is 10.6 Å². The van der Waals surface area contributed by atoms with Crippen molar-refractivity contribution in [1.82, 2.24) is 25.0 Å². The summed E-state index contributed by atoms with van der Waals surface area (Å²) in [5, 5.41) is 10.1. The lowest BCUT2D eigenvalue weighted by atomic mass is 9.97. The van der Waals surface area contributed by atoms with Crippen LogP contribution in [-0.4, -0.2) is 44.7 Å². The van der Waals surface area contributed by atoms with Crippen molar-refractivity contribution in [3.63, 3.8) is 0 Å². The van der Waals surface area contributed by atoms with Crippen LogP contribution in [0.25, 0.3) is 5.82 Å². The largest absolute Gasteiger partial charge is 0.334 e. The quantitative estimate of drug-likeness (QED) is 0.684. The molecule has 2 aromatic heterocycles. The molecule has 1 aromatic carbocycles. The molecular weight excluding hydrogens is 380 g/mol. The summed E-state index contributed by atoms with van der Waals surface area (Å²) in [5.74, 6) is 0.441. The summed E-state index contributed by atoms with van der Waals surface area (Å²) in [6.45, 7) is 1.45. The van der Waals surface area contributed by atoms with E-state index in [9.17, 15) is 9.59 Å². The van der Waals surface area contributed by atoms with Gasteiger partial charge in [-0.3, -0.25) is 4.79 Å². The SMILES string of the molecule is O=C(Nc1ccccc1)[C@H]1CCCN(C(=O)NCc2ccnc(-n3cccn3)c2)C1. The number of carbonyl (C=O) groups excluding carboxylic acids is 2. The Labute approximate surface area is 174 Å². The average Bonchev–Trinajstić information content (AvgIpc) is 3.33. The summed E-state index contributed by atoms with van der Waals surface area (Å²) in [6.07, 6.45) is 6.79. The maximum atomic E-state index is 12.7. The van der Waals surface area contributed by atoms with E-state index in [1.54, 1.807) is 22.0 Å². The molecule has 8 heteroatoms. The fourth-order valence-electron chi connectivity index (χ4n) is 3.53. The van der Waals surface area contributed by atoms with Gasteiger partial charge in [0, 0.05) is 43.9 Å². The van der Waals surface area contributed by atoms with Gasteiger partial charge in [0.2, 0.25) is 5.91 Å². The van der Waals surface area contributed by atoms with Gasteiger partial charge in [0.25, 0.3) is 0 Å². The molecule has 1 aliphatic heterocycles. The minimum atomic E-state index is -0.211. The molecule has 1 aliphatic rings. The molecule has 0 radical (unpaired) electrons. The smallest absolute Gasteiger partial charge is 0.317 e. The highest BCUT2D eigenvalue weighted by molar-refractivity contribution is 5.93. The van der Waals surface area contributed by atoms with Crippen LogP contribution in [0.15, 0.2) is 67.1 Å². The average molecular weight is 404 g/mol. The molecule has 1 atom stereocenters. The Balaban J connectivity index is 1.31. The number of hydrogen-bond acceptors (Lipinski definition) is 4. The molecule has 1 saturated heterocycles. The zero-order valence-electron chi connectivity index (χ0n) is 16.6. The van der Waals surface area contributed by atoms with E-state index in [2.05, 4.69) is 20.7 Å². The molecule has 154 valence electrons. The minimum Gasteiger partial charge on any atom is -0.334 e. The molecule has 3 amide bonds. The van der Waals surface area contributed by atoms with Crippen LogP contribution >= 0.6 is 0 Å². The van der Waals surface area contributed by atoms with Gasteiger partial charge in [0.05, 0.1) is 5.92 Å². The third-order valence-corrected chi connectivity index (χ3v) is 5.11. The molecule has 8 nitrogen and oxygen atoms in total. The highest BCUT2D eigenvalue weighted by atomic mass is 16.2. The number of anilines is 1. The Kier molecular flexibility index (Phi) is 6.03. The van der Waals surface area contributed by atoms with Gasteiger partial charge in [0.15, 0.2) is 5.82 Å². The number of hydrogen-bond donors (Lipinski definition) is 2. The number of likely N-dealkylation sites (tertiary alicyclic amines) is 1. The monoisotopic (exact) mass is 404 g/mol. The first-order valence-electron chi connectivity index (χ1n) is 10.0. The molecule has 3 heterocycles. The maximum Gasteiger partial charge on any atom is 0.317 e. The van der Waals surface area contributed by atoms with Gasteiger partial charge in [-0.15, -0.1) is 0 Å². The van der Waals surface area contributed by atoms with E-state index < -0.39 is 0 Å². The van der Waals surface area contributed by atoms with Gasteiger partial charge in [-0.2, -0.15) is 5.10 Å². The summed E-state index contributed by atoms with van der Waals surface area (Å²) >= 11 is 0. The standard InChI is InChI=1S/C22H24N6O2/c29-21(26-19-7-2-1-3-8-19)18-6-4-12-27(16-18)22(30)24-15-17-9-11-23-20(14-17)28-13-5-10-25-28/h1-3,5,7-11,13-14,18H,4,6,12,15-16H2,(H,24,30)(H,26,29)/t18-/m0/s1. The maximum absolute atomic E-state index is 12.7. The summed E-state index contributed by atoms with van der Waals surface area (Å²) in [4.78, 5) is 31.3. The number of amides is 3. The fraction of sp³-hybridized carbons (Fsp3) is 0.273. The lowest BCUT2D eigenvalue weighted by molar-refractivity contribution is -0.121. The summed E-state index contributed by atoms with van der Waals surface area (Å²) < 4.78 is 1.67. The number of urea groups is 1. The van der Waals surface area contributed by atoms with Crippen molar-refractivity contribution in [3.8, 4) is 5.82 Å². The van der Waals surface area contributed by atoms with Gasteiger partial charge in [0.1, 0.15) is 0 Å². The van der Waals surface area contributed by atoms with E-state index in [0.29, 0.717) is 25.5 Å². The summed E-state index contributed by atoms with van der Waals surface area (Å²) in [7, 11) is 0. The number of carbonyl (C=O) groups is 2. The highest BCUT2D eigenvalue weighted by Crippen LogP contribution is 2.19. The van der Waals surface area contributed by atoms with Crippen molar-refractivity contribution in [1.29, 1.82) is 0 Å². The van der Waals surface area contributed by atoms with Crippen LogP contribution in [0.2, 0.25) is 0 Å². The molecule has 0 unspecified atom stereocenters. The molecule has 0 spiro atoms. The first-order valence-corrected chi connectivity index (χ1v) is 10.0. The van der Waals surface area contributed by atoms with Crippen LogP contribution in [0, 0.1) is 5.92 Å². The van der Waals surface area contributed by atoms with Gasteiger partial charge in [-0.05, 0) is 48.7 Å². The second-order valence-corrected chi connectivity index (χ2v) is 7.27. The Morgan fingerprint density at radius 3 is 2.77 bits per heavy atom. The number of pyridine rings is 1. The number of benzene rings is 1. The van der Waals surface area contributed by atoms with Crippen molar-refractivity contribution in [2.45, 2.75) is 19.4 Å². The Morgan fingerprint density at radius 2 is 1.97 bits per heavy atom. The van der Waals surface area contributed by atoms with Gasteiger partial charge in [-0.25, -0.2) is 14.5 Å². The molecule has 0 aliphatic carbocycles. The van der Waals surface area contributed by atoms with Crippen LogP contribution in [-0.2, 0) is 11.3 Å². The number of rotatable bonds is 5. The van der Waals surface area contributed by atoms with E-state index in [1.807, 2.05) is 54.7 Å². The summed E-state index contributed by atoms with van der Waals surface area (Å²) in [5.41, 5.74) is 1.70. The first-order chi connectivity index (χ1) is 14.7. The Morgan fingerprint density at radius 1 is 1.10 bits per heavy atom. The first kappa shape index (κ1) is 19.6. The molecule has 4 rings (SSSR count). The second-order valence-electron chi connectivity index (χ2n) is 7.27. The lowest BCUT2D eigenvalue weighted by Crippen LogP contribution is -2.47. The third kappa shape index (κ3) is 4.83. The van der Waals surface area contributed by atoms with Crippen molar-refractivity contribution in [2.75, 3.05) is 18.4 Å². The van der Waals surface area contributed by atoms with E-state index in [-0.39, 0.29) is 17.9 Å². The number of aromatic nitrogens is 3. The van der Waals surface area contributed by atoms with Crippen LogP contribution in [0.4, 0.5) is 10.5 Å². The number of nitrogens with one attached hydrogen (secondary N) is 2. The van der Waals surface area contributed by atoms with E-state index in [0.717, 1.165) is 24.1 Å². The van der Waals surface area contributed by atoms with Gasteiger partial charge >= 0.3 is 6.03 Å². The molecule has 3 aromatic rings. The summed E-state index contributed by atoms with van der Waals surface area (Å²) in [6, 6.07) is 14.8. The van der Waals surface area contributed by atoms with Gasteiger partial charge < -0.3 is 15.5 Å². The Bertz CT molecular complexity index is 990.